The number of nitrogens with zero attached hydrogens (tertiary/aromatic N) is 1. The highest BCUT2D eigenvalue weighted by Crippen LogP contribution is 2.45. The largest absolute Gasteiger partial charge is 0.313 e. The molecule has 3 rings (SSSR count). The van der Waals surface area contributed by atoms with Crippen molar-refractivity contribution in [3.63, 3.8) is 0 Å². The van der Waals surface area contributed by atoms with Crippen LogP contribution in [0.1, 0.15) is 58.8 Å². The van der Waals surface area contributed by atoms with Gasteiger partial charge in [0.2, 0.25) is 0 Å². The van der Waals surface area contributed by atoms with Crippen LogP contribution in [0.2, 0.25) is 0 Å². The first-order valence-electron chi connectivity index (χ1n) is 7.59. The molecule has 1 saturated carbocycles. The first-order chi connectivity index (χ1) is 8.11. The summed E-state index contributed by atoms with van der Waals surface area (Å²) >= 11 is 0. The molecular formula is C15H28N2. The quantitative estimate of drug-likeness (QED) is 0.696. The summed E-state index contributed by atoms with van der Waals surface area (Å²) in [5.74, 6) is 0. The van der Waals surface area contributed by atoms with Gasteiger partial charge in [0.25, 0.3) is 0 Å². The normalized spacial score (nSPS) is 36.7. The van der Waals surface area contributed by atoms with E-state index < -0.39 is 0 Å². The summed E-state index contributed by atoms with van der Waals surface area (Å²) in [6, 6.07) is 0.846. The second-order valence-electron chi connectivity index (χ2n) is 7.36. The maximum absolute atomic E-state index is 3.73. The van der Waals surface area contributed by atoms with Gasteiger partial charge in [0.1, 0.15) is 0 Å². The van der Waals surface area contributed by atoms with E-state index in [1.54, 1.807) is 0 Å². The molecule has 1 spiro atoms. The Morgan fingerprint density at radius 1 is 1.06 bits per heavy atom. The Hall–Kier alpha value is -0.0800. The van der Waals surface area contributed by atoms with Crippen molar-refractivity contribution >= 4 is 0 Å². The Balaban J connectivity index is 1.76. The molecule has 98 valence electrons. The van der Waals surface area contributed by atoms with E-state index in [1.807, 2.05) is 0 Å². The highest BCUT2D eigenvalue weighted by molar-refractivity contribution is 5.04. The van der Waals surface area contributed by atoms with Gasteiger partial charge >= 0.3 is 0 Å². The van der Waals surface area contributed by atoms with Crippen LogP contribution in [0.5, 0.6) is 0 Å². The fourth-order valence-electron chi connectivity index (χ4n) is 4.27. The van der Waals surface area contributed by atoms with Crippen LogP contribution in [-0.4, -0.2) is 36.1 Å². The molecule has 17 heavy (non-hydrogen) atoms. The SMILES string of the molecule is CC1(C)CCC2(CC1)CNCC1CCCCN12. The lowest BCUT2D eigenvalue weighted by Crippen LogP contribution is -2.67. The molecule has 0 radical (unpaired) electrons. The van der Waals surface area contributed by atoms with Gasteiger partial charge in [0.05, 0.1) is 0 Å². The third-order valence-electron chi connectivity index (χ3n) is 5.60. The molecule has 2 nitrogen and oxygen atoms in total. The molecule has 2 heterocycles. The third-order valence-corrected chi connectivity index (χ3v) is 5.60. The zero-order valence-electron chi connectivity index (χ0n) is 11.6. The number of hydrogen-bond donors (Lipinski definition) is 1. The molecule has 1 N–H and O–H groups in total. The zero-order chi connectivity index (χ0) is 11.9. The van der Waals surface area contributed by atoms with Gasteiger partial charge in [-0.2, -0.15) is 0 Å². The van der Waals surface area contributed by atoms with E-state index in [9.17, 15) is 0 Å². The molecule has 2 saturated heterocycles. The monoisotopic (exact) mass is 236 g/mol. The second kappa shape index (κ2) is 4.24. The number of fused-ring (bicyclic) bond motifs is 2. The lowest BCUT2D eigenvalue weighted by Gasteiger charge is -2.57. The van der Waals surface area contributed by atoms with E-state index in [0.29, 0.717) is 11.0 Å². The Labute approximate surface area is 106 Å². The second-order valence-corrected chi connectivity index (χ2v) is 7.36. The summed E-state index contributed by atoms with van der Waals surface area (Å²) in [4.78, 5) is 2.90. The van der Waals surface area contributed by atoms with Crippen molar-refractivity contribution in [2.75, 3.05) is 19.6 Å². The molecule has 0 bridgehead atoms. The van der Waals surface area contributed by atoms with Crippen LogP contribution < -0.4 is 5.32 Å². The van der Waals surface area contributed by atoms with Crippen LogP contribution in [0, 0.1) is 5.41 Å². The first-order valence-corrected chi connectivity index (χ1v) is 7.59. The average molecular weight is 236 g/mol. The van der Waals surface area contributed by atoms with E-state index in [2.05, 4.69) is 24.1 Å². The lowest BCUT2D eigenvalue weighted by atomic mass is 9.67. The molecular weight excluding hydrogens is 208 g/mol. The maximum Gasteiger partial charge on any atom is 0.0337 e. The summed E-state index contributed by atoms with van der Waals surface area (Å²) in [5.41, 5.74) is 1.12. The van der Waals surface area contributed by atoms with Gasteiger partial charge in [-0.1, -0.05) is 20.3 Å². The lowest BCUT2D eigenvalue weighted by molar-refractivity contribution is -0.0495. The third kappa shape index (κ3) is 2.15. The van der Waals surface area contributed by atoms with Crippen molar-refractivity contribution in [2.45, 2.75) is 70.4 Å². The van der Waals surface area contributed by atoms with Gasteiger partial charge in [-0.3, -0.25) is 4.90 Å². The van der Waals surface area contributed by atoms with Crippen LogP contribution in [0.25, 0.3) is 0 Å². The summed E-state index contributed by atoms with van der Waals surface area (Å²) in [6.45, 7) is 8.76. The van der Waals surface area contributed by atoms with Crippen LogP contribution in [0.15, 0.2) is 0 Å². The molecule has 3 aliphatic rings. The van der Waals surface area contributed by atoms with Crippen LogP contribution in [0.4, 0.5) is 0 Å². The number of piperazine rings is 1. The minimum Gasteiger partial charge on any atom is -0.313 e. The molecule has 1 unspecified atom stereocenters. The molecule has 2 aliphatic heterocycles. The molecule has 0 aromatic heterocycles. The highest BCUT2D eigenvalue weighted by Gasteiger charge is 2.47. The van der Waals surface area contributed by atoms with Crippen molar-refractivity contribution in [3.8, 4) is 0 Å². The molecule has 0 aromatic carbocycles. The van der Waals surface area contributed by atoms with Crippen molar-refractivity contribution in [1.29, 1.82) is 0 Å². The van der Waals surface area contributed by atoms with E-state index in [-0.39, 0.29) is 0 Å². The van der Waals surface area contributed by atoms with Gasteiger partial charge in [0.15, 0.2) is 0 Å². The predicted molar refractivity (Wildman–Crippen MR) is 72.2 cm³/mol. The van der Waals surface area contributed by atoms with E-state index in [1.165, 1.54) is 64.6 Å². The number of rotatable bonds is 0. The number of nitrogens with one attached hydrogen (secondary N) is 1. The predicted octanol–water partition coefficient (Wildman–Crippen LogP) is 2.78. The van der Waals surface area contributed by atoms with E-state index >= 15 is 0 Å². The molecule has 0 amide bonds. The Kier molecular flexibility index (Phi) is 2.99. The van der Waals surface area contributed by atoms with Crippen LogP contribution in [-0.2, 0) is 0 Å². The molecule has 2 heteroatoms. The Bertz CT molecular complexity index is 273. The number of piperidine rings is 1. The molecule has 3 fully saturated rings. The smallest absolute Gasteiger partial charge is 0.0337 e. The van der Waals surface area contributed by atoms with Crippen LogP contribution >= 0.6 is 0 Å². The molecule has 1 atom stereocenters. The van der Waals surface area contributed by atoms with Crippen molar-refractivity contribution in [1.82, 2.24) is 10.2 Å². The Morgan fingerprint density at radius 2 is 1.82 bits per heavy atom. The fraction of sp³-hybridized carbons (Fsp3) is 1.00. The van der Waals surface area contributed by atoms with Gasteiger partial charge in [0, 0.05) is 24.7 Å². The van der Waals surface area contributed by atoms with E-state index in [0.717, 1.165) is 6.04 Å². The summed E-state index contributed by atoms with van der Waals surface area (Å²) in [7, 11) is 0. The zero-order valence-corrected chi connectivity index (χ0v) is 11.6. The standard InChI is InChI=1S/C15H28N2/c1-14(2)6-8-15(9-7-14)12-16-11-13-5-3-4-10-17(13)15/h13,16H,3-12H2,1-2H3. The fourth-order valence-corrected chi connectivity index (χ4v) is 4.27. The molecule has 0 aromatic rings. The van der Waals surface area contributed by atoms with Gasteiger partial charge in [-0.25, -0.2) is 0 Å². The minimum absolute atomic E-state index is 0.527. The van der Waals surface area contributed by atoms with Crippen molar-refractivity contribution in [2.24, 2.45) is 5.41 Å². The van der Waals surface area contributed by atoms with Crippen LogP contribution in [0.3, 0.4) is 0 Å². The first kappa shape index (κ1) is 12.0. The summed E-state index contributed by atoms with van der Waals surface area (Å²) < 4.78 is 0. The van der Waals surface area contributed by atoms with Crippen molar-refractivity contribution < 1.29 is 0 Å². The number of hydrogen-bond acceptors (Lipinski definition) is 2. The van der Waals surface area contributed by atoms with Gasteiger partial charge < -0.3 is 5.32 Å². The topological polar surface area (TPSA) is 15.3 Å². The van der Waals surface area contributed by atoms with Gasteiger partial charge in [-0.15, -0.1) is 0 Å². The minimum atomic E-state index is 0.527. The van der Waals surface area contributed by atoms with Gasteiger partial charge in [-0.05, 0) is 50.5 Å². The molecule has 1 aliphatic carbocycles. The summed E-state index contributed by atoms with van der Waals surface area (Å²) in [6.07, 6.45) is 9.98. The Morgan fingerprint density at radius 3 is 2.59 bits per heavy atom. The average Bonchev–Trinajstić information content (AvgIpc) is 2.34. The highest BCUT2D eigenvalue weighted by atomic mass is 15.3. The summed E-state index contributed by atoms with van der Waals surface area (Å²) in [5, 5.41) is 3.73. The van der Waals surface area contributed by atoms with E-state index in [4.69, 9.17) is 0 Å². The van der Waals surface area contributed by atoms with Crippen molar-refractivity contribution in [3.05, 3.63) is 0 Å². The maximum atomic E-state index is 3.73.